The van der Waals surface area contributed by atoms with E-state index in [1.165, 1.54) is 22.6 Å². The number of thiophene rings is 1. The van der Waals surface area contributed by atoms with Gasteiger partial charge in [0.2, 0.25) is 0 Å². The molecule has 68 valence electrons. The van der Waals surface area contributed by atoms with Crippen LogP contribution in [0.3, 0.4) is 0 Å². The number of aryl methyl sites for hydroxylation is 2. The second-order valence-corrected chi connectivity index (χ2v) is 4.42. The van der Waals surface area contributed by atoms with Crippen molar-refractivity contribution in [1.82, 2.24) is 0 Å². The van der Waals surface area contributed by atoms with Crippen molar-refractivity contribution in [3.63, 3.8) is 0 Å². The van der Waals surface area contributed by atoms with Crippen LogP contribution in [0.5, 0.6) is 0 Å². The Bertz CT molecular complexity index is 217. The standard InChI is InChI=1S/C10H16OS/c1-9-6-7-10(12-9)5-3-2-4-8-11/h6-7,11H,2-5,8H2,1H3. The molecule has 0 atom stereocenters. The van der Waals surface area contributed by atoms with E-state index in [0.29, 0.717) is 6.61 Å². The van der Waals surface area contributed by atoms with Gasteiger partial charge in [0, 0.05) is 16.4 Å². The first kappa shape index (κ1) is 9.75. The quantitative estimate of drug-likeness (QED) is 0.698. The predicted octanol–water partition coefficient (Wildman–Crippen LogP) is 2.76. The van der Waals surface area contributed by atoms with Crippen molar-refractivity contribution in [3.05, 3.63) is 21.9 Å². The predicted molar refractivity (Wildman–Crippen MR) is 53.7 cm³/mol. The molecule has 0 saturated carbocycles. The van der Waals surface area contributed by atoms with E-state index in [1.54, 1.807) is 0 Å². The lowest BCUT2D eigenvalue weighted by Gasteiger charge is -1.95. The fourth-order valence-electron chi connectivity index (χ4n) is 1.21. The maximum absolute atomic E-state index is 8.57. The van der Waals surface area contributed by atoms with Crippen molar-refractivity contribution >= 4 is 11.3 Å². The van der Waals surface area contributed by atoms with Gasteiger partial charge in [0.1, 0.15) is 0 Å². The Hall–Kier alpha value is -0.340. The first-order valence-electron chi connectivity index (χ1n) is 4.49. The molecule has 0 bridgehead atoms. The maximum Gasteiger partial charge on any atom is 0.0431 e. The number of unbranched alkanes of at least 4 members (excludes halogenated alkanes) is 2. The van der Waals surface area contributed by atoms with Crippen LogP contribution in [-0.2, 0) is 6.42 Å². The van der Waals surface area contributed by atoms with E-state index in [1.807, 2.05) is 11.3 Å². The normalized spacial score (nSPS) is 10.5. The molecule has 1 aromatic rings. The fourth-order valence-corrected chi connectivity index (χ4v) is 2.14. The van der Waals surface area contributed by atoms with Crippen molar-refractivity contribution < 1.29 is 5.11 Å². The first-order valence-corrected chi connectivity index (χ1v) is 5.31. The molecule has 1 aromatic heterocycles. The zero-order valence-corrected chi connectivity index (χ0v) is 8.36. The summed E-state index contributed by atoms with van der Waals surface area (Å²) in [6.07, 6.45) is 4.48. The second-order valence-electron chi connectivity index (χ2n) is 3.05. The fraction of sp³-hybridized carbons (Fsp3) is 0.600. The van der Waals surface area contributed by atoms with Crippen LogP contribution in [0.15, 0.2) is 12.1 Å². The summed E-state index contributed by atoms with van der Waals surface area (Å²) in [5, 5.41) is 8.57. The zero-order valence-electron chi connectivity index (χ0n) is 7.55. The zero-order chi connectivity index (χ0) is 8.81. The summed E-state index contributed by atoms with van der Waals surface area (Å²) < 4.78 is 0. The molecule has 0 aliphatic carbocycles. The molecule has 0 spiro atoms. The summed E-state index contributed by atoms with van der Waals surface area (Å²) in [6, 6.07) is 4.38. The molecule has 0 unspecified atom stereocenters. The Kier molecular flexibility index (Phi) is 4.33. The Morgan fingerprint density at radius 2 is 2.08 bits per heavy atom. The van der Waals surface area contributed by atoms with Gasteiger partial charge < -0.3 is 5.11 Å². The highest BCUT2D eigenvalue weighted by atomic mass is 32.1. The van der Waals surface area contributed by atoms with E-state index in [0.717, 1.165) is 12.8 Å². The number of rotatable bonds is 5. The highest BCUT2D eigenvalue weighted by Crippen LogP contribution is 2.17. The Morgan fingerprint density at radius 3 is 2.67 bits per heavy atom. The minimum atomic E-state index is 0.337. The molecule has 0 radical (unpaired) electrons. The minimum Gasteiger partial charge on any atom is -0.396 e. The lowest BCUT2D eigenvalue weighted by Crippen LogP contribution is -1.85. The molecular weight excluding hydrogens is 168 g/mol. The Balaban J connectivity index is 2.15. The van der Waals surface area contributed by atoms with Crippen molar-refractivity contribution in [1.29, 1.82) is 0 Å². The van der Waals surface area contributed by atoms with E-state index >= 15 is 0 Å². The monoisotopic (exact) mass is 184 g/mol. The lowest BCUT2D eigenvalue weighted by atomic mass is 10.2. The maximum atomic E-state index is 8.57. The van der Waals surface area contributed by atoms with Crippen LogP contribution in [0.2, 0.25) is 0 Å². The van der Waals surface area contributed by atoms with E-state index in [2.05, 4.69) is 19.1 Å². The van der Waals surface area contributed by atoms with Gasteiger partial charge in [-0.25, -0.2) is 0 Å². The average Bonchev–Trinajstić information content (AvgIpc) is 2.45. The van der Waals surface area contributed by atoms with Gasteiger partial charge >= 0.3 is 0 Å². The molecule has 0 aliphatic rings. The smallest absolute Gasteiger partial charge is 0.0431 e. The topological polar surface area (TPSA) is 20.2 Å². The molecule has 12 heavy (non-hydrogen) atoms. The van der Waals surface area contributed by atoms with Crippen LogP contribution < -0.4 is 0 Å². The van der Waals surface area contributed by atoms with Gasteiger partial charge in [0.15, 0.2) is 0 Å². The molecule has 1 rings (SSSR count). The molecule has 1 heterocycles. The Labute approximate surface area is 78.1 Å². The van der Waals surface area contributed by atoms with Crippen molar-refractivity contribution in [2.75, 3.05) is 6.61 Å². The summed E-state index contributed by atoms with van der Waals surface area (Å²) in [4.78, 5) is 2.87. The van der Waals surface area contributed by atoms with Crippen molar-refractivity contribution in [2.24, 2.45) is 0 Å². The van der Waals surface area contributed by atoms with Crippen LogP contribution in [0.1, 0.15) is 29.0 Å². The number of aliphatic hydroxyl groups is 1. The van der Waals surface area contributed by atoms with Crippen molar-refractivity contribution in [3.8, 4) is 0 Å². The van der Waals surface area contributed by atoms with Gasteiger partial charge in [-0.05, 0) is 38.3 Å². The molecule has 0 aliphatic heterocycles. The van der Waals surface area contributed by atoms with Gasteiger partial charge in [0.05, 0.1) is 0 Å². The Morgan fingerprint density at radius 1 is 1.25 bits per heavy atom. The van der Waals surface area contributed by atoms with Crippen LogP contribution in [0.4, 0.5) is 0 Å². The van der Waals surface area contributed by atoms with Gasteiger partial charge in [-0.15, -0.1) is 11.3 Å². The minimum absolute atomic E-state index is 0.337. The lowest BCUT2D eigenvalue weighted by molar-refractivity contribution is 0.283. The third-order valence-electron chi connectivity index (χ3n) is 1.88. The molecule has 1 N–H and O–H groups in total. The summed E-state index contributed by atoms with van der Waals surface area (Å²) in [6.45, 7) is 2.48. The molecule has 2 heteroatoms. The van der Waals surface area contributed by atoms with Crippen molar-refractivity contribution in [2.45, 2.75) is 32.6 Å². The average molecular weight is 184 g/mol. The summed E-state index contributed by atoms with van der Waals surface area (Å²) in [7, 11) is 0. The SMILES string of the molecule is Cc1ccc(CCCCCO)s1. The van der Waals surface area contributed by atoms with Gasteiger partial charge in [0.25, 0.3) is 0 Å². The van der Waals surface area contributed by atoms with Gasteiger partial charge in [-0.2, -0.15) is 0 Å². The third kappa shape index (κ3) is 3.37. The highest BCUT2D eigenvalue weighted by Gasteiger charge is 1.95. The van der Waals surface area contributed by atoms with Crippen LogP contribution in [-0.4, -0.2) is 11.7 Å². The van der Waals surface area contributed by atoms with Crippen LogP contribution in [0.25, 0.3) is 0 Å². The molecule has 0 amide bonds. The van der Waals surface area contributed by atoms with E-state index in [4.69, 9.17) is 5.11 Å². The highest BCUT2D eigenvalue weighted by molar-refractivity contribution is 7.11. The summed E-state index contributed by atoms with van der Waals surface area (Å²) >= 11 is 1.88. The first-order chi connectivity index (χ1) is 5.83. The third-order valence-corrected chi connectivity index (χ3v) is 2.94. The van der Waals surface area contributed by atoms with Gasteiger partial charge in [-0.1, -0.05) is 6.42 Å². The molecule has 0 saturated heterocycles. The molecule has 0 aromatic carbocycles. The van der Waals surface area contributed by atoms with E-state index < -0.39 is 0 Å². The number of hydrogen-bond donors (Lipinski definition) is 1. The van der Waals surface area contributed by atoms with Crippen LogP contribution in [0, 0.1) is 6.92 Å². The molecular formula is C10H16OS. The van der Waals surface area contributed by atoms with Gasteiger partial charge in [-0.3, -0.25) is 0 Å². The summed E-state index contributed by atoms with van der Waals surface area (Å²) in [5.41, 5.74) is 0. The number of aliphatic hydroxyl groups excluding tert-OH is 1. The molecule has 0 fully saturated rings. The van der Waals surface area contributed by atoms with Crippen LogP contribution >= 0.6 is 11.3 Å². The van der Waals surface area contributed by atoms with E-state index in [-0.39, 0.29) is 0 Å². The summed E-state index contributed by atoms with van der Waals surface area (Å²) in [5.74, 6) is 0. The second kappa shape index (κ2) is 5.33. The number of hydrogen-bond acceptors (Lipinski definition) is 2. The molecule has 1 nitrogen and oxygen atoms in total. The largest absolute Gasteiger partial charge is 0.396 e. The van der Waals surface area contributed by atoms with E-state index in [9.17, 15) is 0 Å².